The first-order chi connectivity index (χ1) is 24.2. The van der Waals surface area contributed by atoms with Crippen LogP contribution in [0.4, 0.5) is 15.0 Å². The maximum Gasteiger partial charge on any atom is 0.408 e. The standard InChI is InChI=1S/C38H45FN6O6/c1-37(2,3)51-36(49)44-38(4,5)35(48)42-30(24-50-23-27-12-8-6-9-13-27)33(46)43-31-22-45(25-41-31)32(28-14-10-7-11-15-28)34(47)40-21-20-26-16-18-29(39)19-17-26/h6-19,22,25,30,32H,20-21,23-24H2,1-5H3,(H,40,47)(H,42,48)(H,43,46)(H,44,49)/t30-,32?/m1/s1. The Hall–Kier alpha value is -5.56. The summed E-state index contributed by atoms with van der Waals surface area (Å²) in [5.41, 5.74) is 0.203. The van der Waals surface area contributed by atoms with Gasteiger partial charge < -0.3 is 35.3 Å². The summed E-state index contributed by atoms with van der Waals surface area (Å²) >= 11 is 0. The number of rotatable bonds is 15. The topological polar surface area (TPSA) is 153 Å². The number of carbonyl (C=O) groups is 4. The van der Waals surface area contributed by atoms with Crippen molar-refractivity contribution in [1.82, 2.24) is 25.5 Å². The van der Waals surface area contributed by atoms with Gasteiger partial charge in [0.1, 0.15) is 29.0 Å². The average molecular weight is 701 g/mol. The van der Waals surface area contributed by atoms with Gasteiger partial charge in [-0.3, -0.25) is 14.4 Å². The molecule has 1 heterocycles. The number of nitrogens with zero attached hydrogens (tertiary/aromatic N) is 2. The van der Waals surface area contributed by atoms with Crippen molar-refractivity contribution in [3.8, 4) is 0 Å². The van der Waals surface area contributed by atoms with Gasteiger partial charge in [0.05, 0.1) is 19.5 Å². The largest absolute Gasteiger partial charge is 0.444 e. The lowest BCUT2D eigenvalue weighted by Crippen LogP contribution is -2.59. The Bertz CT molecular complexity index is 1760. The number of hydrogen-bond donors (Lipinski definition) is 4. The van der Waals surface area contributed by atoms with Gasteiger partial charge in [-0.25, -0.2) is 14.2 Å². The summed E-state index contributed by atoms with van der Waals surface area (Å²) < 4.78 is 26.0. The molecule has 1 aromatic heterocycles. The van der Waals surface area contributed by atoms with E-state index in [1.807, 2.05) is 60.7 Å². The maximum absolute atomic E-state index is 13.6. The van der Waals surface area contributed by atoms with Crippen molar-refractivity contribution < 1.29 is 33.0 Å². The van der Waals surface area contributed by atoms with E-state index in [0.717, 1.165) is 11.1 Å². The molecular weight excluding hydrogens is 655 g/mol. The fraction of sp³-hybridized carbons (Fsp3) is 0.342. The Kier molecular flexibility index (Phi) is 13.0. The third-order valence-corrected chi connectivity index (χ3v) is 7.54. The van der Waals surface area contributed by atoms with Gasteiger partial charge in [-0.2, -0.15) is 0 Å². The van der Waals surface area contributed by atoms with Crippen molar-refractivity contribution in [3.63, 3.8) is 0 Å². The maximum atomic E-state index is 13.6. The highest BCUT2D eigenvalue weighted by molar-refractivity contribution is 5.98. The van der Waals surface area contributed by atoms with Gasteiger partial charge in [0, 0.05) is 12.7 Å². The lowest BCUT2D eigenvalue weighted by Gasteiger charge is -2.29. The third kappa shape index (κ3) is 12.1. The first kappa shape index (κ1) is 38.2. The van der Waals surface area contributed by atoms with Gasteiger partial charge in [0.2, 0.25) is 11.8 Å². The smallest absolute Gasteiger partial charge is 0.408 e. The van der Waals surface area contributed by atoms with Crippen LogP contribution in [0.5, 0.6) is 0 Å². The summed E-state index contributed by atoms with van der Waals surface area (Å²) in [7, 11) is 0. The van der Waals surface area contributed by atoms with Crippen LogP contribution in [-0.2, 0) is 36.9 Å². The van der Waals surface area contributed by atoms with Crippen molar-refractivity contribution in [1.29, 1.82) is 0 Å². The minimum Gasteiger partial charge on any atom is -0.444 e. The molecule has 4 N–H and O–H groups in total. The van der Waals surface area contributed by atoms with E-state index in [4.69, 9.17) is 9.47 Å². The Morgan fingerprint density at radius 1 is 0.843 bits per heavy atom. The molecular formula is C38H45FN6O6. The van der Waals surface area contributed by atoms with Gasteiger partial charge in [0.25, 0.3) is 5.91 Å². The van der Waals surface area contributed by atoms with Gasteiger partial charge in [-0.15, -0.1) is 0 Å². The first-order valence-electron chi connectivity index (χ1n) is 16.6. The summed E-state index contributed by atoms with van der Waals surface area (Å²) in [6.07, 6.45) is 2.66. The van der Waals surface area contributed by atoms with Crippen molar-refractivity contribution in [3.05, 3.63) is 120 Å². The summed E-state index contributed by atoms with van der Waals surface area (Å²) in [5, 5.41) is 10.9. The predicted molar refractivity (Wildman–Crippen MR) is 190 cm³/mol. The number of hydrogen-bond acceptors (Lipinski definition) is 7. The number of ether oxygens (including phenoxy) is 2. The molecule has 0 saturated heterocycles. The molecule has 12 nitrogen and oxygen atoms in total. The minimum atomic E-state index is -1.45. The van der Waals surface area contributed by atoms with Crippen LogP contribution in [-0.4, -0.2) is 63.7 Å². The molecule has 0 aliphatic heterocycles. The van der Waals surface area contributed by atoms with Gasteiger partial charge >= 0.3 is 6.09 Å². The van der Waals surface area contributed by atoms with Gasteiger partial charge in [0.15, 0.2) is 5.82 Å². The van der Waals surface area contributed by atoms with E-state index in [1.165, 1.54) is 38.5 Å². The van der Waals surface area contributed by atoms with Crippen LogP contribution in [0.15, 0.2) is 97.5 Å². The molecule has 4 amide bonds. The van der Waals surface area contributed by atoms with Crippen molar-refractivity contribution >= 4 is 29.6 Å². The van der Waals surface area contributed by atoms with E-state index < -0.39 is 41.1 Å². The zero-order chi connectivity index (χ0) is 37.0. The Morgan fingerprint density at radius 2 is 1.49 bits per heavy atom. The molecule has 2 atom stereocenters. The number of nitrogens with one attached hydrogen (secondary N) is 4. The lowest BCUT2D eigenvalue weighted by atomic mass is 10.0. The van der Waals surface area contributed by atoms with E-state index in [1.54, 1.807) is 37.5 Å². The zero-order valence-electron chi connectivity index (χ0n) is 29.4. The van der Waals surface area contributed by atoms with Gasteiger partial charge in [-0.05, 0) is 69.9 Å². The van der Waals surface area contributed by atoms with Crippen LogP contribution in [0.1, 0.15) is 57.4 Å². The Balaban J connectivity index is 1.47. The number of anilines is 1. The highest BCUT2D eigenvalue weighted by atomic mass is 19.1. The number of benzene rings is 3. The van der Waals surface area contributed by atoms with E-state index in [0.29, 0.717) is 18.5 Å². The molecule has 0 bridgehead atoms. The van der Waals surface area contributed by atoms with E-state index in [9.17, 15) is 23.6 Å². The number of amides is 4. The number of halogens is 1. The molecule has 270 valence electrons. The van der Waals surface area contributed by atoms with Gasteiger partial charge in [-0.1, -0.05) is 72.8 Å². The lowest BCUT2D eigenvalue weighted by molar-refractivity contribution is -0.131. The molecule has 3 aromatic carbocycles. The highest BCUT2D eigenvalue weighted by Crippen LogP contribution is 2.21. The predicted octanol–water partition coefficient (Wildman–Crippen LogP) is 4.91. The molecule has 0 aliphatic carbocycles. The quantitative estimate of drug-likeness (QED) is 0.138. The van der Waals surface area contributed by atoms with E-state index in [2.05, 4.69) is 26.3 Å². The Labute approximate surface area is 297 Å². The number of carbonyl (C=O) groups excluding carboxylic acids is 4. The SMILES string of the molecule is CC(C)(C)OC(=O)NC(C)(C)C(=O)N[C@H](COCc1ccccc1)C(=O)Nc1cn(C(C(=O)NCCc2ccc(F)cc2)c2ccccc2)cn1. The summed E-state index contributed by atoms with van der Waals surface area (Å²) in [4.78, 5) is 57.3. The summed E-state index contributed by atoms with van der Waals surface area (Å²) in [6, 6.07) is 22.5. The van der Waals surface area contributed by atoms with Crippen LogP contribution in [0, 0.1) is 5.82 Å². The van der Waals surface area contributed by atoms with Crippen molar-refractivity contribution in [2.24, 2.45) is 0 Å². The van der Waals surface area contributed by atoms with Crippen molar-refractivity contribution in [2.75, 3.05) is 18.5 Å². The highest BCUT2D eigenvalue weighted by Gasteiger charge is 2.35. The monoisotopic (exact) mass is 700 g/mol. The zero-order valence-corrected chi connectivity index (χ0v) is 29.4. The second-order valence-electron chi connectivity index (χ2n) is 13.5. The second-order valence-corrected chi connectivity index (χ2v) is 13.5. The summed E-state index contributed by atoms with van der Waals surface area (Å²) in [5.74, 6) is -1.79. The van der Waals surface area contributed by atoms with E-state index in [-0.39, 0.29) is 30.8 Å². The van der Waals surface area contributed by atoms with Crippen LogP contribution in [0.2, 0.25) is 0 Å². The fourth-order valence-corrected chi connectivity index (χ4v) is 4.93. The van der Waals surface area contributed by atoms with Crippen LogP contribution in [0.3, 0.4) is 0 Å². The summed E-state index contributed by atoms with van der Waals surface area (Å²) in [6.45, 7) is 8.39. The number of imidazole rings is 1. The second kappa shape index (κ2) is 17.4. The molecule has 0 fully saturated rings. The molecule has 4 aromatic rings. The number of alkyl carbamates (subject to hydrolysis) is 1. The minimum absolute atomic E-state index is 0.133. The molecule has 4 rings (SSSR count). The average Bonchev–Trinajstić information content (AvgIpc) is 3.52. The fourth-order valence-electron chi connectivity index (χ4n) is 4.93. The molecule has 0 spiro atoms. The molecule has 1 unspecified atom stereocenters. The van der Waals surface area contributed by atoms with Crippen molar-refractivity contribution in [2.45, 2.75) is 70.9 Å². The molecule has 0 saturated carbocycles. The first-order valence-corrected chi connectivity index (χ1v) is 16.6. The van der Waals surface area contributed by atoms with Crippen LogP contribution in [0.25, 0.3) is 0 Å². The molecule has 0 aliphatic rings. The third-order valence-electron chi connectivity index (χ3n) is 7.54. The molecule has 0 radical (unpaired) electrons. The molecule has 13 heteroatoms. The Morgan fingerprint density at radius 3 is 2.14 bits per heavy atom. The van der Waals surface area contributed by atoms with Crippen LogP contribution < -0.4 is 21.3 Å². The molecule has 51 heavy (non-hydrogen) atoms. The normalized spacial score (nSPS) is 12.7. The van der Waals surface area contributed by atoms with E-state index >= 15 is 0 Å². The number of aromatic nitrogens is 2. The van der Waals surface area contributed by atoms with Crippen LogP contribution >= 0.6 is 0 Å².